The summed E-state index contributed by atoms with van der Waals surface area (Å²) in [7, 11) is 8.33. The fraction of sp³-hybridized carbons (Fsp3) is 0.800. The molecule has 0 radical (unpaired) electrons. The molecule has 0 rings (SSSR count). The predicted octanol–water partition coefficient (Wildman–Crippen LogP) is -1.97. The molecule has 15 heavy (non-hydrogen) atoms. The fourth-order valence-electron chi connectivity index (χ4n) is 0.756. The maximum absolute atomic E-state index is 3.56. The highest BCUT2D eigenvalue weighted by Gasteiger charge is 2.03. The lowest BCUT2D eigenvalue weighted by atomic mass is 10.5. The second-order valence-corrected chi connectivity index (χ2v) is 5.66. The molecule has 1 atom stereocenters. The average Bonchev–Trinajstić information content (AvgIpc) is 2.03. The summed E-state index contributed by atoms with van der Waals surface area (Å²) in [5.74, 6) is 0. The first-order chi connectivity index (χ1) is 6.43. The van der Waals surface area contributed by atoms with Gasteiger partial charge in [0.1, 0.15) is 0 Å². The molecule has 5 heteroatoms. The molecular formula is C10H23Br2ClN2. The van der Waals surface area contributed by atoms with Crippen LogP contribution in [-0.4, -0.2) is 56.3 Å². The lowest BCUT2D eigenvalue weighted by molar-refractivity contribution is -0.857. The smallest absolute Gasteiger partial charge is 0.0902 e. The number of hydrogen-bond donors (Lipinski definition) is 1. The molecule has 0 saturated carbocycles. The van der Waals surface area contributed by atoms with Gasteiger partial charge in [0.05, 0.1) is 25.5 Å². The van der Waals surface area contributed by atoms with Crippen molar-refractivity contribution in [3.8, 4) is 0 Å². The first-order valence-corrected chi connectivity index (χ1v) is 6.72. The van der Waals surface area contributed by atoms with Gasteiger partial charge < -0.3 is 22.2 Å². The highest BCUT2D eigenvalue weighted by atomic mass is 79.9. The van der Waals surface area contributed by atoms with Gasteiger partial charge in [-0.25, -0.2) is 0 Å². The molecule has 0 aromatic rings. The van der Waals surface area contributed by atoms with Gasteiger partial charge in [-0.1, -0.05) is 37.9 Å². The molecule has 2 nitrogen and oxygen atoms in total. The molecule has 0 aromatic carbocycles. The molecule has 0 aromatic heterocycles. The van der Waals surface area contributed by atoms with Crippen molar-refractivity contribution in [1.82, 2.24) is 4.90 Å². The van der Waals surface area contributed by atoms with Crippen LogP contribution in [0.3, 0.4) is 0 Å². The predicted molar refractivity (Wildman–Crippen MR) is 72.9 cm³/mol. The number of halogens is 3. The average molecular weight is 367 g/mol. The Balaban J connectivity index is -0.000000187. The third kappa shape index (κ3) is 25.3. The molecular weight excluding hydrogens is 343 g/mol. The van der Waals surface area contributed by atoms with E-state index in [1.807, 2.05) is 20.2 Å². The molecule has 1 N–H and O–H groups in total. The summed E-state index contributed by atoms with van der Waals surface area (Å²) in [6.07, 6.45) is 1.88. The third-order valence-electron chi connectivity index (χ3n) is 1.29. The molecule has 1 unspecified atom stereocenters. The summed E-state index contributed by atoms with van der Waals surface area (Å²) >= 11 is 6.89. The molecule has 0 heterocycles. The quantitative estimate of drug-likeness (QED) is 0.438. The number of nitrogens with zero attached hydrogens (tertiary/aromatic N) is 1. The minimum absolute atomic E-state index is 0. The van der Waals surface area contributed by atoms with Gasteiger partial charge in [-0.2, -0.15) is 0 Å². The van der Waals surface area contributed by atoms with Crippen LogP contribution in [0.25, 0.3) is 0 Å². The first-order valence-electron chi connectivity index (χ1n) is 4.68. The van der Waals surface area contributed by atoms with Crippen LogP contribution in [0.4, 0.5) is 0 Å². The van der Waals surface area contributed by atoms with Crippen LogP contribution in [0.1, 0.15) is 0 Å². The van der Waals surface area contributed by atoms with E-state index in [1.165, 1.54) is 11.4 Å². The van der Waals surface area contributed by atoms with E-state index < -0.39 is 0 Å². The highest BCUT2D eigenvalue weighted by Crippen LogP contribution is 1.98. The standard InChI is InChI=1S/C5H11Br2N.C5H11N.ClH/c1-8(2)4-5(7)3-6;1-4-5-6(2)3;/h5H,3-4H2,1-2H3;4H,1,5H2,2-3H3;1H. The fourth-order valence-corrected chi connectivity index (χ4v) is 1.63. The third-order valence-corrected chi connectivity index (χ3v) is 3.59. The van der Waals surface area contributed by atoms with Crippen LogP contribution in [0.15, 0.2) is 12.7 Å². The molecule has 0 aliphatic carbocycles. The number of nitrogens with one attached hydrogen (secondary N) is 1. The van der Waals surface area contributed by atoms with E-state index in [0.717, 1.165) is 11.9 Å². The second-order valence-electron chi connectivity index (χ2n) is 3.71. The summed E-state index contributed by atoms with van der Waals surface area (Å²) < 4.78 is 0. The van der Waals surface area contributed by atoms with Crippen LogP contribution < -0.4 is 17.3 Å². The molecule has 0 bridgehead atoms. The first kappa shape index (κ1) is 21.2. The molecule has 0 fully saturated rings. The van der Waals surface area contributed by atoms with Crippen LogP contribution in [-0.2, 0) is 0 Å². The van der Waals surface area contributed by atoms with Crippen LogP contribution >= 0.6 is 31.9 Å². The van der Waals surface area contributed by atoms with Crippen LogP contribution in [0.5, 0.6) is 0 Å². The van der Waals surface area contributed by atoms with Gasteiger partial charge in [-0.05, 0) is 14.1 Å². The van der Waals surface area contributed by atoms with E-state index in [0.29, 0.717) is 4.83 Å². The van der Waals surface area contributed by atoms with Crippen molar-refractivity contribution in [2.24, 2.45) is 0 Å². The Kier molecular flexibility index (Phi) is 21.1. The Morgan fingerprint density at radius 1 is 1.40 bits per heavy atom. The largest absolute Gasteiger partial charge is 1.00 e. The van der Waals surface area contributed by atoms with Crippen molar-refractivity contribution in [2.75, 3.05) is 46.6 Å². The summed E-state index contributed by atoms with van der Waals surface area (Å²) in [5.41, 5.74) is 0. The van der Waals surface area contributed by atoms with Gasteiger partial charge in [0, 0.05) is 11.9 Å². The van der Waals surface area contributed by atoms with Crippen molar-refractivity contribution < 1.29 is 17.3 Å². The number of quaternary nitrogens is 1. The van der Waals surface area contributed by atoms with E-state index in [1.54, 1.807) is 0 Å². The topological polar surface area (TPSA) is 7.68 Å². The Bertz CT molecular complexity index is 133. The maximum Gasteiger partial charge on any atom is 0.0902 e. The van der Waals surface area contributed by atoms with Crippen molar-refractivity contribution in [3.05, 3.63) is 12.7 Å². The number of alkyl halides is 2. The van der Waals surface area contributed by atoms with E-state index in [4.69, 9.17) is 0 Å². The van der Waals surface area contributed by atoms with Gasteiger partial charge in [0.25, 0.3) is 0 Å². The minimum atomic E-state index is 0. The summed E-state index contributed by atoms with van der Waals surface area (Å²) in [6, 6.07) is 0. The van der Waals surface area contributed by atoms with Crippen molar-refractivity contribution >= 4 is 31.9 Å². The van der Waals surface area contributed by atoms with Gasteiger partial charge in [-0.3, -0.25) is 0 Å². The zero-order valence-corrected chi connectivity index (χ0v) is 14.0. The van der Waals surface area contributed by atoms with E-state index in [-0.39, 0.29) is 12.4 Å². The molecule has 0 spiro atoms. The molecule has 0 saturated heterocycles. The molecule has 0 aliphatic rings. The summed E-state index contributed by atoms with van der Waals surface area (Å²) in [5, 5.41) is 1.04. The van der Waals surface area contributed by atoms with Crippen molar-refractivity contribution in [3.63, 3.8) is 0 Å². The number of hydrogen-bond acceptors (Lipinski definition) is 1. The van der Waals surface area contributed by atoms with Gasteiger partial charge in [-0.15, -0.1) is 6.58 Å². The Morgan fingerprint density at radius 2 is 1.87 bits per heavy atom. The molecule has 0 amide bonds. The van der Waals surface area contributed by atoms with Crippen LogP contribution in [0.2, 0.25) is 0 Å². The number of likely N-dealkylation sites (N-methyl/N-ethyl adjacent to an activating group) is 1. The zero-order chi connectivity index (χ0) is 11.6. The Labute approximate surface area is 118 Å². The maximum atomic E-state index is 3.56. The molecule has 94 valence electrons. The zero-order valence-electron chi connectivity index (χ0n) is 10.1. The summed E-state index contributed by atoms with van der Waals surface area (Å²) in [6.45, 7) is 5.70. The lowest BCUT2D eigenvalue weighted by Gasteiger charge is -2.09. The van der Waals surface area contributed by atoms with Gasteiger partial charge >= 0.3 is 0 Å². The summed E-state index contributed by atoms with van der Waals surface area (Å²) in [4.78, 5) is 4.16. The Morgan fingerprint density at radius 3 is 1.93 bits per heavy atom. The van der Waals surface area contributed by atoms with Crippen LogP contribution in [0, 0.1) is 0 Å². The highest BCUT2D eigenvalue weighted by molar-refractivity contribution is 9.12. The van der Waals surface area contributed by atoms with Gasteiger partial charge in [0.2, 0.25) is 0 Å². The minimum Gasteiger partial charge on any atom is -1.00 e. The van der Waals surface area contributed by atoms with Crippen molar-refractivity contribution in [1.29, 1.82) is 0 Å². The monoisotopic (exact) mass is 364 g/mol. The van der Waals surface area contributed by atoms with E-state index in [2.05, 4.69) is 57.4 Å². The lowest BCUT2D eigenvalue weighted by Crippen LogP contribution is -3.06. The SMILES string of the molecule is C=CCN(C)C.C[NH+](C)CC(Br)CBr.[Cl-]. The van der Waals surface area contributed by atoms with E-state index in [9.17, 15) is 0 Å². The normalized spacial score (nSPS) is 11.5. The van der Waals surface area contributed by atoms with E-state index >= 15 is 0 Å². The number of rotatable bonds is 5. The Hall–Kier alpha value is 0.910. The van der Waals surface area contributed by atoms with Crippen molar-refractivity contribution in [2.45, 2.75) is 4.83 Å². The van der Waals surface area contributed by atoms with Gasteiger partial charge in [0.15, 0.2) is 0 Å². The molecule has 0 aliphatic heterocycles. The second kappa shape index (κ2) is 14.9.